The Hall–Kier alpha value is -0.820. The Kier molecular flexibility index (Phi) is 4.82. The van der Waals surface area contributed by atoms with E-state index in [4.69, 9.17) is 16.7 Å². The van der Waals surface area contributed by atoms with Gasteiger partial charge in [0.25, 0.3) is 0 Å². The predicted molar refractivity (Wildman–Crippen MR) is 73.2 cm³/mol. The number of halogens is 4. The van der Waals surface area contributed by atoms with Crippen molar-refractivity contribution in [3.8, 4) is 0 Å². The zero-order valence-electron chi connectivity index (χ0n) is 11.3. The normalized spacial score (nSPS) is 25.2. The van der Waals surface area contributed by atoms with E-state index >= 15 is 0 Å². The summed E-state index contributed by atoms with van der Waals surface area (Å²) in [4.78, 5) is 1.43. The number of hydrogen-bond donors (Lipinski definition) is 2. The van der Waals surface area contributed by atoms with E-state index in [0.29, 0.717) is 24.4 Å². The van der Waals surface area contributed by atoms with Gasteiger partial charge in [-0.05, 0) is 24.1 Å². The molecule has 2 N–H and O–H groups in total. The minimum absolute atomic E-state index is 0.104. The molecule has 0 aromatic heterocycles. The zero-order valence-corrected chi connectivity index (χ0v) is 12.0. The second-order valence-corrected chi connectivity index (χ2v) is 6.01. The number of rotatable bonds is 4. The molecule has 0 spiro atoms. The molecule has 1 aliphatic rings. The summed E-state index contributed by atoms with van der Waals surface area (Å²) >= 11 is 5.87. The van der Waals surface area contributed by atoms with Crippen LogP contribution >= 0.6 is 11.6 Å². The molecule has 7 heteroatoms. The van der Waals surface area contributed by atoms with Crippen molar-refractivity contribution >= 4 is 11.6 Å². The van der Waals surface area contributed by atoms with E-state index in [1.165, 1.54) is 4.90 Å². The van der Waals surface area contributed by atoms with Crippen LogP contribution in [-0.2, 0) is 6.42 Å². The lowest BCUT2D eigenvalue weighted by Gasteiger charge is -2.25. The van der Waals surface area contributed by atoms with Crippen LogP contribution in [0.5, 0.6) is 0 Å². The van der Waals surface area contributed by atoms with Gasteiger partial charge in [0.15, 0.2) is 6.10 Å². The van der Waals surface area contributed by atoms with E-state index in [0.717, 1.165) is 5.56 Å². The van der Waals surface area contributed by atoms with Gasteiger partial charge in [-0.25, -0.2) is 0 Å². The fraction of sp³-hybridized carbons (Fsp3) is 0.571. The van der Waals surface area contributed by atoms with Gasteiger partial charge in [-0.1, -0.05) is 23.7 Å². The lowest BCUT2D eigenvalue weighted by Crippen LogP contribution is -2.42. The number of benzene rings is 1. The number of nitrogens with zero attached hydrogens (tertiary/aromatic N) is 1. The molecular formula is C14H17ClF3NO2. The van der Waals surface area contributed by atoms with Gasteiger partial charge in [-0.2, -0.15) is 13.2 Å². The molecule has 0 unspecified atom stereocenters. The molecule has 0 bridgehead atoms. The Morgan fingerprint density at radius 1 is 1.38 bits per heavy atom. The smallest absolute Gasteiger partial charge is 0.388 e. The molecule has 1 heterocycles. The summed E-state index contributed by atoms with van der Waals surface area (Å²) in [6.45, 7) is -0.0851. The Labute approximate surface area is 125 Å². The standard InChI is InChI=1S/C14H17ClF3NO2/c15-11-3-1-2-10(6-11)7-13(21)4-5-19(9-13)8-12(20)14(16,17)18/h1-3,6,12,20-21H,4-5,7-9H2/t12-,13-/m1/s1. The second-order valence-electron chi connectivity index (χ2n) is 5.57. The Morgan fingerprint density at radius 3 is 2.71 bits per heavy atom. The first kappa shape index (κ1) is 16.5. The highest BCUT2D eigenvalue weighted by Crippen LogP contribution is 2.28. The molecule has 21 heavy (non-hydrogen) atoms. The summed E-state index contributed by atoms with van der Waals surface area (Å²) < 4.78 is 37.0. The molecule has 2 atom stereocenters. The van der Waals surface area contributed by atoms with Crippen LogP contribution in [0.1, 0.15) is 12.0 Å². The van der Waals surface area contributed by atoms with Crippen LogP contribution in [0, 0.1) is 0 Å². The van der Waals surface area contributed by atoms with Crippen LogP contribution < -0.4 is 0 Å². The Morgan fingerprint density at radius 2 is 2.10 bits per heavy atom. The molecule has 2 rings (SSSR count). The van der Waals surface area contributed by atoms with E-state index < -0.39 is 24.4 Å². The molecule has 1 fully saturated rings. The number of aliphatic hydroxyl groups excluding tert-OH is 1. The highest BCUT2D eigenvalue weighted by molar-refractivity contribution is 6.30. The van der Waals surface area contributed by atoms with E-state index in [9.17, 15) is 18.3 Å². The van der Waals surface area contributed by atoms with Crippen LogP contribution in [0.25, 0.3) is 0 Å². The lowest BCUT2D eigenvalue weighted by molar-refractivity contribution is -0.207. The molecular weight excluding hydrogens is 307 g/mol. The molecule has 1 aromatic rings. The Balaban J connectivity index is 1.94. The van der Waals surface area contributed by atoms with E-state index in [1.54, 1.807) is 18.2 Å². The fourth-order valence-electron chi connectivity index (χ4n) is 2.62. The van der Waals surface area contributed by atoms with Crippen LogP contribution in [0.4, 0.5) is 13.2 Å². The van der Waals surface area contributed by atoms with Crippen LogP contribution in [0.3, 0.4) is 0 Å². The summed E-state index contributed by atoms with van der Waals surface area (Å²) in [6, 6.07) is 7.03. The predicted octanol–water partition coefficient (Wildman–Crippen LogP) is 2.24. The highest BCUT2D eigenvalue weighted by Gasteiger charge is 2.43. The lowest BCUT2D eigenvalue weighted by atomic mass is 9.94. The van der Waals surface area contributed by atoms with E-state index in [-0.39, 0.29) is 6.54 Å². The van der Waals surface area contributed by atoms with E-state index in [1.807, 2.05) is 6.07 Å². The minimum Gasteiger partial charge on any atom is -0.388 e. The third-order valence-electron chi connectivity index (χ3n) is 3.64. The van der Waals surface area contributed by atoms with Crippen molar-refractivity contribution in [2.24, 2.45) is 0 Å². The van der Waals surface area contributed by atoms with Gasteiger partial charge in [0.2, 0.25) is 0 Å². The topological polar surface area (TPSA) is 43.7 Å². The van der Waals surface area contributed by atoms with Crippen molar-refractivity contribution in [1.29, 1.82) is 0 Å². The van der Waals surface area contributed by atoms with Gasteiger partial charge in [0.1, 0.15) is 0 Å². The van der Waals surface area contributed by atoms with E-state index in [2.05, 4.69) is 0 Å². The largest absolute Gasteiger partial charge is 0.415 e. The van der Waals surface area contributed by atoms with Crippen molar-refractivity contribution in [3.05, 3.63) is 34.9 Å². The molecule has 1 saturated heterocycles. The zero-order chi connectivity index (χ0) is 15.7. The summed E-state index contributed by atoms with van der Waals surface area (Å²) in [7, 11) is 0. The summed E-state index contributed by atoms with van der Waals surface area (Å²) in [6.07, 6.45) is -6.32. The number of likely N-dealkylation sites (tertiary alicyclic amines) is 1. The molecule has 0 aliphatic carbocycles. The Bertz CT molecular complexity index is 497. The first-order valence-electron chi connectivity index (χ1n) is 6.62. The van der Waals surface area contributed by atoms with Crippen molar-refractivity contribution in [2.75, 3.05) is 19.6 Å². The number of alkyl halides is 3. The van der Waals surface area contributed by atoms with Gasteiger partial charge < -0.3 is 10.2 Å². The van der Waals surface area contributed by atoms with Crippen molar-refractivity contribution in [3.63, 3.8) is 0 Å². The van der Waals surface area contributed by atoms with Gasteiger partial charge >= 0.3 is 6.18 Å². The maximum absolute atomic E-state index is 12.3. The van der Waals surface area contributed by atoms with Crippen molar-refractivity contribution < 1.29 is 23.4 Å². The average molecular weight is 324 g/mol. The molecule has 0 saturated carbocycles. The SMILES string of the molecule is O[C@H](CN1CC[C@@](O)(Cc2cccc(Cl)c2)C1)C(F)(F)F. The van der Waals surface area contributed by atoms with Gasteiger partial charge in [-0.15, -0.1) is 0 Å². The molecule has 0 radical (unpaired) electrons. The molecule has 1 aromatic carbocycles. The summed E-state index contributed by atoms with van der Waals surface area (Å²) in [5, 5.41) is 20.1. The van der Waals surface area contributed by atoms with Crippen LogP contribution in [-0.4, -0.2) is 52.6 Å². The highest BCUT2D eigenvalue weighted by atomic mass is 35.5. The minimum atomic E-state index is -4.63. The summed E-state index contributed by atoms with van der Waals surface area (Å²) in [5.41, 5.74) is -0.251. The average Bonchev–Trinajstić information content (AvgIpc) is 2.69. The third kappa shape index (κ3) is 4.57. The molecule has 1 aliphatic heterocycles. The van der Waals surface area contributed by atoms with Crippen molar-refractivity contribution in [1.82, 2.24) is 4.90 Å². The van der Waals surface area contributed by atoms with Gasteiger partial charge in [0.05, 0.1) is 5.60 Å². The summed E-state index contributed by atoms with van der Waals surface area (Å²) in [5.74, 6) is 0. The maximum atomic E-state index is 12.3. The van der Waals surface area contributed by atoms with Crippen LogP contribution in [0.15, 0.2) is 24.3 Å². The first-order chi connectivity index (χ1) is 9.68. The third-order valence-corrected chi connectivity index (χ3v) is 3.88. The first-order valence-corrected chi connectivity index (χ1v) is 7.00. The molecule has 118 valence electrons. The van der Waals surface area contributed by atoms with Gasteiger partial charge in [-0.3, -0.25) is 4.90 Å². The van der Waals surface area contributed by atoms with Crippen molar-refractivity contribution in [2.45, 2.75) is 30.7 Å². The second kappa shape index (κ2) is 6.12. The number of β-amino-alcohol motifs (C(OH)–C–C–N with tert-alkyl or cyclic N) is 2. The quantitative estimate of drug-likeness (QED) is 0.893. The number of aliphatic hydroxyl groups is 2. The molecule has 3 nitrogen and oxygen atoms in total. The van der Waals surface area contributed by atoms with Crippen LogP contribution in [0.2, 0.25) is 5.02 Å². The van der Waals surface area contributed by atoms with Gasteiger partial charge in [0, 0.05) is 31.1 Å². The molecule has 0 amide bonds. The fourth-order valence-corrected chi connectivity index (χ4v) is 2.83. The maximum Gasteiger partial charge on any atom is 0.415 e. The number of hydrogen-bond acceptors (Lipinski definition) is 3. The monoisotopic (exact) mass is 323 g/mol.